The number of aromatic nitrogens is 1. The fourth-order valence-corrected chi connectivity index (χ4v) is 2.06. The van der Waals surface area contributed by atoms with Gasteiger partial charge in [0.25, 0.3) is 0 Å². The van der Waals surface area contributed by atoms with E-state index in [1.165, 1.54) is 5.56 Å². The van der Waals surface area contributed by atoms with Crippen LogP contribution in [-0.4, -0.2) is 4.98 Å². The Labute approximate surface area is 107 Å². The SMILES string of the molecule is Cc1ccc(C(C)C)cc1-c1c[nH]c(N)c1C#N. The molecule has 2 rings (SSSR count). The van der Waals surface area contributed by atoms with Crippen molar-refractivity contribution in [1.29, 1.82) is 5.26 Å². The zero-order valence-electron chi connectivity index (χ0n) is 10.9. The maximum atomic E-state index is 9.17. The summed E-state index contributed by atoms with van der Waals surface area (Å²) in [7, 11) is 0. The monoisotopic (exact) mass is 239 g/mol. The second-order valence-corrected chi connectivity index (χ2v) is 4.83. The van der Waals surface area contributed by atoms with Crippen LogP contribution in [0, 0.1) is 18.3 Å². The average molecular weight is 239 g/mol. The lowest BCUT2D eigenvalue weighted by atomic mass is 9.93. The molecule has 0 amide bonds. The first kappa shape index (κ1) is 12.3. The summed E-state index contributed by atoms with van der Waals surface area (Å²) in [6.45, 7) is 6.36. The second kappa shape index (κ2) is 4.58. The average Bonchev–Trinajstić information content (AvgIpc) is 2.70. The molecular weight excluding hydrogens is 222 g/mol. The van der Waals surface area contributed by atoms with Crippen LogP contribution in [0.1, 0.15) is 36.5 Å². The molecule has 0 fully saturated rings. The predicted molar refractivity (Wildman–Crippen MR) is 74.2 cm³/mol. The number of nitrogens with zero attached hydrogens (tertiary/aromatic N) is 1. The first-order valence-electron chi connectivity index (χ1n) is 6.02. The summed E-state index contributed by atoms with van der Waals surface area (Å²) in [6.07, 6.45) is 1.81. The summed E-state index contributed by atoms with van der Waals surface area (Å²) >= 11 is 0. The van der Waals surface area contributed by atoms with E-state index in [9.17, 15) is 0 Å². The Kier molecular flexibility index (Phi) is 3.12. The molecule has 0 aliphatic rings. The Hall–Kier alpha value is -2.21. The van der Waals surface area contributed by atoms with Gasteiger partial charge in [-0.25, -0.2) is 0 Å². The molecule has 0 spiro atoms. The fraction of sp³-hybridized carbons (Fsp3) is 0.267. The van der Waals surface area contributed by atoms with Crippen LogP contribution in [0.25, 0.3) is 11.1 Å². The van der Waals surface area contributed by atoms with Gasteiger partial charge in [0.1, 0.15) is 17.5 Å². The molecule has 0 saturated carbocycles. The van der Waals surface area contributed by atoms with Crippen molar-refractivity contribution >= 4 is 5.82 Å². The number of H-pyrrole nitrogens is 1. The number of nitrogens with one attached hydrogen (secondary N) is 1. The van der Waals surface area contributed by atoms with Crippen molar-refractivity contribution in [2.24, 2.45) is 0 Å². The summed E-state index contributed by atoms with van der Waals surface area (Å²) in [5, 5.41) is 9.17. The molecule has 3 nitrogen and oxygen atoms in total. The summed E-state index contributed by atoms with van der Waals surface area (Å²) in [5.41, 5.74) is 10.7. The van der Waals surface area contributed by atoms with Gasteiger partial charge in [0, 0.05) is 11.8 Å². The normalized spacial score (nSPS) is 10.6. The van der Waals surface area contributed by atoms with Crippen molar-refractivity contribution in [2.45, 2.75) is 26.7 Å². The van der Waals surface area contributed by atoms with Gasteiger partial charge in [-0.15, -0.1) is 0 Å². The fourth-order valence-electron chi connectivity index (χ4n) is 2.06. The summed E-state index contributed by atoms with van der Waals surface area (Å²) in [4.78, 5) is 2.92. The standard InChI is InChI=1S/C15H17N3/c1-9(2)11-5-4-10(3)12(6-11)14-8-18-15(17)13(14)7-16/h4-6,8-9,18H,17H2,1-3H3. The third kappa shape index (κ3) is 1.98. The number of aryl methyl sites for hydroxylation is 1. The van der Waals surface area contributed by atoms with Gasteiger partial charge in [0.2, 0.25) is 0 Å². The number of hydrogen-bond acceptors (Lipinski definition) is 2. The first-order valence-corrected chi connectivity index (χ1v) is 6.02. The predicted octanol–water partition coefficient (Wildman–Crippen LogP) is 3.57. The zero-order valence-corrected chi connectivity index (χ0v) is 10.9. The van der Waals surface area contributed by atoms with Crippen LogP contribution < -0.4 is 5.73 Å². The molecule has 0 saturated heterocycles. The Morgan fingerprint density at radius 3 is 2.61 bits per heavy atom. The number of nitrogens with two attached hydrogens (primary N) is 1. The summed E-state index contributed by atoms with van der Waals surface area (Å²) in [6, 6.07) is 8.53. The quantitative estimate of drug-likeness (QED) is 0.841. The lowest BCUT2D eigenvalue weighted by Crippen LogP contribution is -1.92. The Balaban J connectivity index is 2.63. The van der Waals surface area contributed by atoms with Crippen molar-refractivity contribution in [3.8, 4) is 17.2 Å². The number of nitriles is 1. The summed E-state index contributed by atoms with van der Waals surface area (Å²) < 4.78 is 0. The van der Waals surface area contributed by atoms with Crippen LogP contribution in [0.15, 0.2) is 24.4 Å². The minimum Gasteiger partial charge on any atom is -0.384 e. The molecule has 2 aromatic rings. The first-order chi connectivity index (χ1) is 8.54. The molecule has 0 aliphatic heterocycles. The van der Waals surface area contributed by atoms with Gasteiger partial charge in [-0.1, -0.05) is 32.0 Å². The van der Waals surface area contributed by atoms with Crippen molar-refractivity contribution in [1.82, 2.24) is 4.98 Å². The molecule has 1 aromatic heterocycles. The minimum atomic E-state index is 0.432. The molecule has 1 heterocycles. The van der Waals surface area contributed by atoms with Crippen LogP contribution in [0.2, 0.25) is 0 Å². The highest BCUT2D eigenvalue weighted by molar-refractivity contribution is 5.78. The maximum Gasteiger partial charge on any atom is 0.119 e. The number of benzene rings is 1. The van der Waals surface area contributed by atoms with Gasteiger partial charge in [-0.05, 0) is 29.5 Å². The van der Waals surface area contributed by atoms with Crippen molar-refractivity contribution in [3.63, 3.8) is 0 Å². The summed E-state index contributed by atoms with van der Waals surface area (Å²) in [5.74, 6) is 0.896. The third-order valence-corrected chi connectivity index (χ3v) is 3.24. The number of rotatable bonds is 2. The van der Waals surface area contributed by atoms with Crippen LogP contribution >= 0.6 is 0 Å². The highest BCUT2D eigenvalue weighted by atomic mass is 14.8. The highest BCUT2D eigenvalue weighted by Gasteiger charge is 2.13. The Bertz CT molecular complexity index is 615. The van der Waals surface area contributed by atoms with Crippen LogP contribution in [0.3, 0.4) is 0 Å². The van der Waals surface area contributed by atoms with E-state index in [0.29, 0.717) is 17.3 Å². The Morgan fingerprint density at radius 1 is 1.28 bits per heavy atom. The number of hydrogen-bond donors (Lipinski definition) is 2. The van der Waals surface area contributed by atoms with Crippen LogP contribution in [-0.2, 0) is 0 Å². The van der Waals surface area contributed by atoms with E-state index in [2.05, 4.69) is 43.1 Å². The van der Waals surface area contributed by atoms with Gasteiger partial charge in [0.15, 0.2) is 0 Å². The van der Waals surface area contributed by atoms with Crippen molar-refractivity contribution in [3.05, 3.63) is 41.1 Å². The largest absolute Gasteiger partial charge is 0.384 e. The van der Waals surface area contributed by atoms with Gasteiger partial charge in [-0.3, -0.25) is 0 Å². The van der Waals surface area contributed by atoms with E-state index in [0.717, 1.165) is 16.7 Å². The zero-order chi connectivity index (χ0) is 13.3. The molecule has 92 valence electrons. The molecule has 1 aromatic carbocycles. The molecule has 0 aliphatic carbocycles. The molecule has 3 heteroatoms. The number of anilines is 1. The van der Waals surface area contributed by atoms with E-state index < -0.39 is 0 Å². The van der Waals surface area contributed by atoms with E-state index in [1.807, 2.05) is 6.92 Å². The number of aromatic amines is 1. The van der Waals surface area contributed by atoms with Gasteiger partial charge in [0.05, 0.1) is 0 Å². The number of nitrogen functional groups attached to an aromatic ring is 1. The van der Waals surface area contributed by atoms with E-state index in [1.54, 1.807) is 6.20 Å². The topological polar surface area (TPSA) is 65.6 Å². The molecule has 0 bridgehead atoms. The Morgan fingerprint density at radius 2 is 2.00 bits per heavy atom. The van der Waals surface area contributed by atoms with Crippen LogP contribution in [0.5, 0.6) is 0 Å². The lowest BCUT2D eigenvalue weighted by molar-refractivity contribution is 0.866. The molecule has 18 heavy (non-hydrogen) atoms. The van der Waals surface area contributed by atoms with Gasteiger partial charge < -0.3 is 10.7 Å². The minimum absolute atomic E-state index is 0.432. The molecule has 0 atom stereocenters. The highest BCUT2D eigenvalue weighted by Crippen LogP contribution is 2.31. The second-order valence-electron chi connectivity index (χ2n) is 4.83. The van der Waals surface area contributed by atoms with Crippen molar-refractivity contribution < 1.29 is 0 Å². The van der Waals surface area contributed by atoms with E-state index in [4.69, 9.17) is 11.0 Å². The van der Waals surface area contributed by atoms with E-state index >= 15 is 0 Å². The van der Waals surface area contributed by atoms with E-state index in [-0.39, 0.29) is 0 Å². The molecular formula is C15H17N3. The third-order valence-electron chi connectivity index (χ3n) is 3.24. The molecule has 0 radical (unpaired) electrons. The van der Waals surface area contributed by atoms with Crippen molar-refractivity contribution in [2.75, 3.05) is 5.73 Å². The molecule has 0 unspecified atom stereocenters. The van der Waals surface area contributed by atoms with Gasteiger partial charge in [-0.2, -0.15) is 5.26 Å². The maximum absolute atomic E-state index is 9.17. The smallest absolute Gasteiger partial charge is 0.119 e. The molecule has 3 N–H and O–H groups in total. The lowest BCUT2D eigenvalue weighted by Gasteiger charge is -2.10. The van der Waals surface area contributed by atoms with Gasteiger partial charge >= 0.3 is 0 Å². The van der Waals surface area contributed by atoms with Crippen LogP contribution in [0.4, 0.5) is 5.82 Å².